The molecule has 7 nitrogen and oxygen atoms in total. The molecule has 2 amide bonds. The second kappa shape index (κ2) is 6.94. The minimum Gasteiger partial charge on any atom is -0.323 e. The molecule has 2 rings (SSSR count). The van der Waals surface area contributed by atoms with Crippen molar-refractivity contribution < 1.29 is 22.9 Å². The van der Waals surface area contributed by atoms with E-state index in [1.54, 1.807) is 0 Å². The zero-order valence-corrected chi connectivity index (χ0v) is 12.3. The van der Waals surface area contributed by atoms with E-state index in [0.29, 0.717) is 0 Å². The molecule has 0 bridgehead atoms. The Morgan fingerprint density at radius 2 is 1.96 bits per heavy atom. The predicted molar refractivity (Wildman–Crippen MR) is 77.7 cm³/mol. The van der Waals surface area contributed by atoms with Gasteiger partial charge in [-0.25, -0.2) is 18.0 Å². The molecule has 0 aliphatic rings. The Morgan fingerprint density at radius 3 is 2.54 bits per heavy atom. The van der Waals surface area contributed by atoms with Gasteiger partial charge in [0.15, 0.2) is 17.5 Å². The summed E-state index contributed by atoms with van der Waals surface area (Å²) in [4.78, 5) is 26.8. The minimum atomic E-state index is -1.60. The highest BCUT2D eigenvalue weighted by atomic mass is 19.2. The van der Waals surface area contributed by atoms with E-state index in [1.807, 2.05) is 0 Å². The SMILES string of the molecule is CN(Cc1cc(F)c(F)c(F)c1)C(=O)Nc1ccncc1[N+](=O)[O-]. The molecule has 126 valence electrons. The molecule has 0 atom stereocenters. The third-order valence-electron chi connectivity index (χ3n) is 3.05. The first-order valence-electron chi connectivity index (χ1n) is 6.53. The summed E-state index contributed by atoms with van der Waals surface area (Å²) in [6.45, 7) is -0.237. The van der Waals surface area contributed by atoms with Crippen LogP contribution in [0.4, 0.5) is 29.3 Å². The number of anilines is 1. The summed E-state index contributed by atoms with van der Waals surface area (Å²) in [5.41, 5.74) is -0.463. The first-order chi connectivity index (χ1) is 11.3. The van der Waals surface area contributed by atoms with Crippen molar-refractivity contribution >= 4 is 17.4 Å². The quantitative estimate of drug-likeness (QED) is 0.526. The first kappa shape index (κ1) is 17.2. The third kappa shape index (κ3) is 3.77. The van der Waals surface area contributed by atoms with Crippen LogP contribution in [0, 0.1) is 27.6 Å². The number of benzene rings is 1. The number of carbonyl (C=O) groups is 1. The van der Waals surface area contributed by atoms with Gasteiger partial charge in [0.05, 0.1) is 4.92 Å². The van der Waals surface area contributed by atoms with E-state index in [2.05, 4.69) is 10.3 Å². The lowest BCUT2D eigenvalue weighted by Crippen LogP contribution is -2.31. The molecule has 1 heterocycles. The molecular formula is C14H11F3N4O3. The highest BCUT2D eigenvalue weighted by Crippen LogP contribution is 2.22. The van der Waals surface area contributed by atoms with Crippen LogP contribution < -0.4 is 5.32 Å². The van der Waals surface area contributed by atoms with Gasteiger partial charge in [0.2, 0.25) is 0 Å². The number of nitrogens with zero attached hydrogens (tertiary/aromatic N) is 3. The Hall–Kier alpha value is -3.17. The topological polar surface area (TPSA) is 88.4 Å². The smallest absolute Gasteiger partial charge is 0.322 e. The standard InChI is InChI=1S/C14H11F3N4O3/c1-20(7-8-4-9(15)13(17)10(16)5-8)14(22)19-11-2-3-18-6-12(11)21(23)24/h2-6H,7H2,1H3,(H,18,19,22). The number of hydrogen-bond acceptors (Lipinski definition) is 4. The van der Waals surface area contributed by atoms with Gasteiger partial charge in [0.1, 0.15) is 11.9 Å². The number of urea groups is 1. The average Bonchev–Trinajstić information content (AvgIpc) is 2.52. The molecule has 0 saturated heterocycles. The Kier molecular flexibility index (Phi) is 4.97. The maximum Gasteiger partial charge on any atom is 0.322 e. The lowest BCUT2D eigenvalue weighted by molar-refractivity contribution is -0.384. The summed E-state index contributed by atoms with van der Waals surface area (Å²) in [5, 5.41) is 13.1. The second-order valence-electron chi connectivity index (χ2n) is 4.81. The van der Waals surface area contributed by atoms with Gasteiger partial charge < -0.3 is 10.2 Å². The van der Waals surface area contributed by atoms with E-state index in [9.17, 15) is 28.1 Å². The Morgan fingerprint density at radius 1 is 1.33 bits per heavy atom. The van der Waals surface area contributed by atoms with Crippen LogP contribution in [-0.4, -0.2) is 27.9 Å². The zero-order chi connectivity index (χ0) is 17.9. The van der Waals surface area contributed by atoms with Crippen molar-refractivity contribution in [2.75, 3.05) is 12.4 Å². The summed E-state index contributed by atoms with van der Waals surface area (Å²) < 4.78 is 39.2. The van der Waals surface area contributed by atoms with Crippen molar-refractivity contribution in [2.24, 2.45) is 0 Å². The first-order valence-corrected chi connectivity index (χ1v) is 6.53. The van der Waals surface area contributed by atoms with Crippen LogP contribution in [0.1, 0.15) is 5.56 Å². The summed E-state index contributed by atoms with van der Waals surface area (Å²) >= 11 is 0. The fourth-order valence-corrected chi connectivity index (χ4v) is 1.89. The van der Waals surface area contributed by atoms with Crippen LogP contribution in [0.5, 0.6) is 0 Å². The number of aromatic nitrogens is 1. The molecule has 10 heteroatoms. The molecule has 1 aromatic heterocycles. The molecule has 24 heavy (non-hydrogen) atoms. The highest BCUT2D eigenvalue weighted by molar-refractivity contribution is 5.91. The van der Waals surface area contributed by atoms with Crippen LogP contribution in [0.3, 0.4) is 0 Å². The maximum absolute atomic E-state index is 13.2. The van der Waals surface area contributed by atoms with Gasteiger partial charge in [-0.1, -0.05) is 0 Å². The molecule has 2 aromatic rings. The van der Waals surface area contributed by atoms with Gasteiger partial charge >= 0.3 is 11.7 Å². The third-order valence-corrected chi connectivity index (χ3v) is 3.05. The van der Waals surface area contributed by atoms with Gasteiger partial charge in [-0.3, -0.25) is 15.1 Å². The van der Waals surface area contributed by atoms with E-state index >= 15 is 0 Å². The molecule has 0 radical (unpaired) electrons. The van der Waals surface area contributed by atoms with E-state index < -0.39 is 34.1 Å². The van der Waals surface area contributed by atoms with Crippen molar-refractivity contribution in [3.8, 4) is 0 Å². The van der Waals surface area contributed by atoms with Crippen molar-refractivity contribution in [3.05, 3.63) is 63.7 Å². The number of halogens is 3. The lowest BCUT2D eigenvalue weighted by atomic mass is 10.2. The Bertz CT molecular complexity index is 778. The number of nitrogens with one attached hydrogen (secondary N) is 1. The van der Waals surface area contributed by atoms with Crippen LogP contribution in [0.2, 0.25) is 0 Å². The molecule has 0 aliphatic heterocycles. The Balaban J connectivity index is 2.12. The summed E-state index contributed by atoms with van der Waals surface area (Å²) in [5.74, 6) is -4.34. The molecule has 0 unspecified atom stereocenters. The molecule has 1 N–H and O–H groups in total. The van der Waals surface area contributed by atoms with E-state index in [0.717, 1.165) is 23.2 Å². The van der Waals surface area contributed by atoms with Gasteiger partial charge in [-0.15, -0.1) is 0 Å². The van der Waals surface area contributed by atoms with Gasteiger partial charge in [0, 0.05) is 19.8 Å². The number of carbonyl (C=O) groups excluding carboxylic acids is 1. The number of pyridine rings is 1. The van der Waals surface area contributed by atoms with Gasteiger partial charge in [-0.2, -0.15) is 0 Å². The largest absolute Gasteiger partial charge is 0.323 e. The summed E-state index contributed by atoms with van der Waals surface area (Å²) in [6.07, 6.45) is 2.23. The van der Waals surface area contributed by atoms with E-state index in [4.69, 9.17) is 0 Å². The van der Waals surface area contributed by atoms with E-state index in [1.165, 1.54) is 19.3 Å². The van der Waals surface area contributed by atoms with Crippen molar-refractivity contribution in [3.63, 3.8) is 0 Å². The highest BCUT2D eigenvalue weighted by Gasteiger charge is 2.18. The number of hydrogen-bond donors (Lipinski definition) is 1. The van der Waals surface area contributed by atoms with Crippen LogP contribution in [0.25, 0.3) is 0 Å². The Labute approximate surface area is 133 Å². The zero-order valence-electron chi connectivity index (χ0n) is 12.3. The van der Waals surface area contributed by atoms with E-state index in [-0.39, 0.29) is 17.8 Å². The number of nitro groups is 1. The molecular weight excluding hydrogens is 329 g/mol. The van der Waals surface area contributed by atoms with Crippen LogP contribution in [-0.2, 0) is 6.54 Å². The second-order valence-corrected chi connectivity index (χ2v) is 4.81. The van der Waals surface area contributed by atoms with Crippen LogP contribution >= 0.6 is 0 Å². The van der Waals surface area contributed by atoms with Crippen LogP contribution in [0.15, 0.2) is 30.6 Å². The fourth-order valence-electron chi connectivity index (χ4n) is 1.89. The van der Waals surface area contributed by atoms with Crippen molar-refractivity contribution in [1.29, 1.82) is 0 Å². The average molecular weight is 340 g/mol. The molecule has 0 aliphatic carbocycles. The maximum atomic E-state index is 13.2. The molecule has 0 fully saturated rings. The van der Waals surface area contributed by atoms with Crippen molar-refractivity contribution in [2.45, 2.75) is 6.54 Å². The summed E-state index contributed by atoms with van der Waals surface area (Å²) in [6, 6.07) is 2.00. The molecule has 0 saturated carbocycles. The monoisotopic (exact) mass is 340 g/mol. The lowest BCUT2D eigenvalue weighted by Gasteiger charge is -2.18. The number of amides is 2. The van der Waals surface area contributed by atoms with Gasteiger partial charge in [0.25, 0.3) is 0 Å². The van der Waals surface area contributed by atoms with Gasteiger partial charge in [-0.05, 0) is 23.8 Å². The normalized spacial score (nSPS) is 10.3. The molecule has 0 spiro atoms. The molecule has 1 aromatic carbocycles. The number of rotatable bonds is 4. The minimum absolute atomic E-state index is 0.0216. The van der Waals surface area contributed by atoms with Crippen molar-refractivity contribution in [1.82, 2.24) is 9.88 Å². The summed E-state index contributed by atoms with van der Waals surface area (Å²) in [7, 11) is 1.31. The predicted octanol–water partition coefficient (Wildman–Crippen LogP) is 3.07. The fraction of sp³-hybridized carbons (Fsp3) is 0.143.